The Balaban J connectivity index is 1.01. The third-order valence-corrected chi connectivity index (χ3v) is 17.8. The molecule has 0 saturated carbocycles. The highest BCUT2D eigenvalue weighted by Gasteiger charge is 2.41. The molecular weight excluding hydrogens is 854 g/mol. The van der Waals surface area contributed by atoms with Gasteiger partial charge in [0.25, 0.3) is 0 Å². The van der Waals surface area contributed by atoms with Gasteiger partial charge in [-0.2, -0.15) is 0 Å². The Morgan fingerprint density at radius 2 is 1.04 bits per heavy atom. The fraction of sp³-hybridized carbons (Fsp3) is 0.0606. The van der Waals surface area contributed by atoms with Crippen LogP contribution in [-0.2, 0) is 4.57 Å². The van der Waals surface area contributed by atoms with Gasteiger partial charge in [0.1, 0.15) is 0 Å². The van der Waals surface area contributed by atoms with Gasteiger partial charge in [0.15, 0.2) is 7.14 Å². The number of fused-ring (bicyclic) bond motifs is 6. The van der Waals surface area contributed by atoms with Crippen LogP contribution in [0, 0.1) is 11.8 Å². The molecule has 1 aromatic heterocycles. The second-order valence-corrected chi connectivity index (χ2v) is 21.4. The van der Waals surface area contributed by atoms with E-state index in [0.29, 0.717) is 11.8 Å². The highest BCUT2D eigenvalue weighted by molar-refractivity contribution is 7.86. The number of hydrogen-bond acceptors (Lipinski definition) is 1. The number of aromatic nitrogens is 1. The Kier molecular flexibility index (Phi) is 10.1. The number of allylic oxidation sites excluding steroid dienone is 8. The van der Waals surface area contributed by atoms with Crippen LogP contribution in [0.4, 0.5) is 0 Å². The molecule has 2 aliphatic carbocycles. The maximum Gasteiger partial charge on any atom is 0.172 e. The topological polar surface area (TPSA) is 22.0 Å². The minimum atomic E-state index is -3.47. The van der Waals surface area contributed by atoms with Crippen LogP contribution in [0.5, 0.6) is 0 Å². The van der Waals surface area contributed by atoms with Gasteiger partial charge in [-0.1, -0.05) is 194 Å². The smallest absolute Gasteiger partial charge is 0.172 e. The standard InChI is InChI=1S/C66H48NOP/c68-69(65-34-16-14-32-60(65)62-43-61-59-31-13-15-33-63(59)67(64(61)44-66(62)69)57-29-11-4-12-30-57)58-41-55(50-27-17-25-48(35-50)45-19-5-1-6-20-45)40-56(42-58)51-28-18-26-49(36-51)54-38-52(46-21-7-2-8-22-46)37-53(39-54)47-23-9-3-10-24-47/h1-23,25-38,40-44,47,53H,24,39H2. The summed E-state index contributed by atoms with van der Waals surface area (Å²) in [5.41, 5.74) is 17.0. The van der Waals surface area contributed by atoms with E-state index in [9.17, 15) is 0 Å². The van der Waals surface area contributed by atoms with Crippen molar-refractivity contribution in [3.05, 3.63) is 266 Å². The molecule has 328 valence electrons. The van der Waals surface area contributed by atoms with Crippen molar-refractivity contribution in [2.75, 3.05) is 0 Å². The molecule has 3 atom stereocenters. The molecule has 2 nitrogen and oxygen atoms in total. The second kappa shape index (κ2) is 16.9. The number of para-hydroxylation sites is 2. The minimum absolute atomic E-state index is 0.372. The van der Waals surface area contributed by atoms with Gasteiger partial charge in [-0.25, -0.2) is 0 Å². The summed E-state index contributed by atoms with van der Waals surface area (Å²) < 4.78 is 19.4. The first-order valence-electron chi connectivity index (χ1n) is 24.1. The fourth-order valence-corrected chi connectivity index (χ4v) is 14.4. The van der Waals surface area contributed by atoms with Crippen molar-refractivity contribution >= 4 is 56.0 Å². The molecule has 0 saturated heterocycles. The average Bonchev–Trinajstić information content (AvgIpc) is 3.89. The normalized spacial score (nSPS) is 18.2. The Labute approximate surface area is 404 Å². The molecule has 0 radical (unpaired) electrons. The lowest BCUT2D eigenvalue weighted by atomic mass is 9.76. The van der Waals surface area contributed by atoms with Crippen molar-refractivity contribution < 1.29 is 4.57 Å². The lowest BCUT2D eigenvalue weighted by Gasteiger charge is -2.28. The van der Waals surface area contributed by atoms with E-state index in [1.807, 2.05) is 0 Å². The molecule has 0 N–H and O–H groups in total. The van der Waals surface area contributed by atoms with Crippen LogP contribution in [0.15, 0.2) is 255 Å². The first-order chi connectivity index (χ1) is 34.1. The number of hydrogen-bond donors (Lipinski definition) is 0. The first kappa shape index (κ1) is 41.2. The zero-order chi connectivity index (χ0) is 45.9. The van der Waals surface area contributed by atoms with Gasteiger partial charge >= 0.3 is 0 Å². The molecule has 13 rings (SSSR count). The van der Waals surface area contributed by atoms with Gasteiger partial charge in [0.2, 0.25) is 0 Å². The summed E-state index contributed by atoms with van der Waals surface area (Å²) in [5.74, 6) is 0.813. The van der Waals surface area contributed by atoms with E-state index in [1.165, 1.54) is 27.7 Å². The molecule has 0 amide bonds. The first-order valence-corrected chi connectivity index (χ1v) is 25.8. The molecule has 10 aromatic rings. The zero-order valence-corrected chi connectivity index (χ0v) is 39.0. The highest BCUT2D eigenvalue weighted by Crippen LogP contribution is 2.54. The average molecular weight is 902 g/mol. The van der Waals surface area contributed by atoms with Crippen LogP contribution in [-0.4, -0.2) is 4.57 Å². The Hall–Kier alpha value is -8.03. The van der Waals surface area contributed by atoms with Crippen molar-refractivity contribution in [3.63, 3.8) is 0 Å². The minimum Gasteiger partial charge on any atom is -0.309 e. The second-order valence-electron chi connectivity index (χ2n) is 18.7. The predicted molar refractivity (Wildman–Crippen MR) is 292 cm³/mol. The summed E-state index contributed by atoms with van der Waals surface area (Å²) in [5, 5.41) is 4.95. The van der Waals surface area contributed by atoms with Crippen molar-refractivity contribution in [2.45, 2.75) is 12.8 Å². The number of nitrogens with zero attached hydrogens (tertiary/aromatic N) is 1. The summed E-state index contributed by atoms with van der Waals surface area (Å²) in [6, 6.07) is 78.2. The Morgan fingerprint density at radius 3 is 1.78 bits per heavy atom. The Morgan fingerprint density at radius 1 is 0.435 bits per heavy atom. The van der Waals surface area contributed by atoms with Crippen molar-refractivity contribution in [1.82, 2.24) is 4.57 Å². The largest absolute Gasteiger partial charge is 0.309 e. The lowest BCUT2D eigenvalue weighted by Crippen LogP contribution is -2.21. The van der Waals surface area contributed by atoms with Gasteiger partial charge in [-0.05, 0) is 152 Å². The van der Waals surface area contributed by atoms with Gasteiger partial charge in [0, 0.05) is 32.4 Å². The van der Waals surface area contributed by atoms with E-state index in [2.05, 4.69) is 259 Å². The SMILES string of the molecule is O=P1(c2cc(-c3cccc(C4=CC(c5ccccc5)=CC(C5C=CC=CC5)C4)c3)cc(-c3cccc(-c4ccccc4)c3)c2)c2ccccc2-c2cc3c4ccccc4n(-c4ccccc4)c3cc21. The van der Waals surface area contributed by atoms with Crippen molar-refractivity contribution in [1.29, 1.82) is 0 Å². The number of rotatable bonds is 8. The van der Waals surface area contributed by atoms with E-state index in [4.69, 9.17) is 0 Å². The molecule has 2 heterocycles. The maximum absolute atomic E-state index is 17.1. The summed E-state index contributed by atoms with van der Waals surface area (Å²) >= 11 is 0. The van der Waals surface area contributed by atoms with Crippen LogP contribution in [0.2, 0.25) is 0 Å². The summed E-state index contributed by atoms with van der Waals surface area (Å²) in [6.45, 7) is 0. The summed E-state index contributed by atoms with van der Waals surface area (Å²) in [6.07, 6.45) is 16.0. The molecule has 69 heavy (non-hydrogen) atoms. The third kappa shape index (κ3) is 7.14. The quantitative estimate of drug-likeness (QED) is 0.139. The third-order valence-electron chi connectivity index (χ3n) is 14.7. The Bertz CT molecular complexity index is 3810. The zero-order valence-electron chi connectivity index (χ0n) is 38.1. The van der Waals surface area contributed by atoms with Gasteiger partial charge in [-0.3, -0.25) is 0 Å². The van der Waals surface area contributed by atoms with Gasteiger partial charge in [-0.15, -0.1) is 0 Å². The highest BCUT2D eigenvalue weighted by atomic mass is 31.2. The summed E-state index contributed by atoms with van der Waals surface area (Å²) in [4.78, 5) is 0. The van der Waals surface area contributed by atoms with Gasteiger partial charge in [0.05, 0.1) is 11.0 Å². The van der Waals surface area contributed by atoms with Crippen LogP contribution >= 0.6 is 7.14 Å². The molecular formula is C66H48NOP. The fourth-order valence-electron chi connectivity index (χ4n) is 11.3. The van der Waals surface area contributed by atoms with E-state index in [0.717, 1.165) is 95.4 Å². The van der Waals surface area contributed by atoms with Crippen LogP contribution in [0.3, 0.4) is 0 Å². The lowest BCUT2D eigenvalue weighted by molar-refractivity contribution is 0.484. The molecule has 3 aliphatic rings. The van der Waals surface area contributed by atoms with E-state index in [-0.39, 0.29) is 0 Å². The van der Waals surface area contributed by atoms with E-state index >= 15 is 4.57 Å². The van der Waals surface area contributed by atoms with Crippen molar-refractivity contribution in [2.24, 2.45) is 11.8 Å². The van der Waals surface area contributed by atoms with Gasteiger partial charge < -0.3 is 9.13 Å². The van der Waals surface area contributed by atoms with Crippen molar-refractivity contribution in [3.8, 4) is 50.2 Å². The monoisotopic (exact) mass is 901 g/mol. The van der Waals surface area contributed by atoms with Crippen LogP contribution < -0.4 is 15.9 Å². The molecule has 9 aromatic carbocycles. The molecule has 1 aliphatic heterocycles. The predicted octanol–water partition coefficient (Wildman–Crippen LogP) is 16.0. The van der Waals surface area contributed by atoms with E-state index in [1.54, 1.807) is 0 Å². The maximum atomic E-state index is 17.1. The molecule has 3 unspecified atom stereocenters. The van der Waals surface area contributed by atoms with E-state index < -0.39 is 7.14 Å². The molecule has 0 fully saturated rings. The molecule has 0 bridgehead atoms. The van der Waals surface area contributed by atoms with Crippen LogP contribution in [0.1, 0.15) is 24.0 Å². The van der Waals surface area contributed by atoms with Crippen LogP contribution in [0.25, 0.3) is 83.1 Å². The molecule has 3 heteroatoms. The number of benzene rings is 9. The molecule has 0 spiro atoms. The summed E-state index contributed by atoms with van der Waals surface area (Å²) in [7, 11) is -3.47.